The number of phenols is 2. The van der Waals surface area contributed by atoms with Gasteiger partial charge in [-0.25, -0.2) is 15.0 Å². The van der Waals surface area contributed by atoms with Crippen LogP contribution in [0.4, 0.5) is 24.9 Å². The zero-order chi connectivity index (χ0) is 18.0. The molecule has 0 aliphatic rings. The van der Waals surface area contributed by atoms with Gasteiger partial charge in [0.05, 0.1) is 11.3 Å². The van der Waals surface area contributed by atoms with Crippen molar-refractivity contribution in [2.45, 2.75) is 6.18 Å². The number of aromatic hydroxyl groups is 2. The summed E-state index contributed by atoms with van der Waals surface area (Å²) in [5.74, 6) is -0.605. The predicted octanol–water partition coefficient (Wildman–Crippen LogP) is 3.71. The molecular weight excluding hydrogens is 337 g/mol. The summed E-state index contributed by atoms with van der Waals surface area (Å²) in [6.07, 6.45) is -2.04. The van der Waals surface area contributed by atoms with E-state index >= 15 is 0 Å². The van der Waals surface area contributed by atoms with Crippen LogP contribution in [0.15, 0.2) is 48.8 Å². The molecule has 0 unspecified atom stereocenters. The van der Waals surface area contributed by atoms with E-state index in [-0.39, 0.29) is 23.3 Å². The Hall–Kier alpha value is -3.36. The fourth-order valence-electron chi connectivity index (χ4n) is 2.05. The fraction of sp³-hybridized carbons (Fsp3) is 0.0625. The maximum atomic E-state index is 12.7. The first-order valence-electron chi connectivity index (χ1n) is 6.98. The van der Waals surface area contributed by atoms with E-state index in [0.717, 1.165) is 18.3 Å². The van der Waals surface area contributed by atoms with Crippen molar-refractivity contribution < 1.29 is 23.4 Å². The van der Waals surface area contributed by atoms with Crippen molar-refractivity contribution in [2.24, 2.45) is 0 Å². The first-order chi connectivity index (χ1) is 11.8. The Morgan fingerprint density at radius 1 is 0.880 bits per heavy atom. The van der Waals surface area contributed by atoms with Crippen LogP contribution in [0.25, 0.3) is 11.3 Å². The smallest absolute Gasteiger partial charge is 0.416 e. The average Bonchev–Trinajstić information content (AvgIpc) is 2.57. The Bertz CT molecular complexity index is 916. The van der Waals surface area contributed by atoms with Gasteiger partial charge in [-0.1, -0.05) is 0 Å². The third kappa shape index (κ3) is 3.77. The van der Waals surface area contributed by atoms with Gasteiger partial charge >= 0.3 is 6.18 Å². The van der Waals surface area contributed by atoms with E-state index in [0.29, 0.717) is 11.3 Å². The lowest BCUT2D eigenvalue weighted by atomic mass is 10.1. The normalized spacial score (nSPS) is 11.3. The molecule has 128 valence electrons. The van der Waals surface area contributed by atoms with Gasteiger partial charge in [-0.05, 0) is 36.4 Å². The third-order valence-corrected chi connectivity index (χ3v) is 3.25. The number of alkyl halides is 3. The second-order valence-electron chi connectivity index (χ2n) is 5.02. The number of nitrogens with one attached hydrogen (secondary N) is 1. The molecule has 6 nitrogen and oxygen atoms in total. The lowest BCUT2D eigenvalue weighted by Crippen LogP contribution is -2.07. The lowest BCUT2D eigenvalue weighted by Gasteiger charge is -2.09. The standard InChI is InChI=1S/C16H11F3N4O2/c17-16(18,19)10-3-5-20-14(8-10)23-15-21-6-4-11(22-15)9-1-2-12(24)13(25)7-9/h1-8,24-25H,(H,20,21,22,23). The molecule has 0 spiro atoms. The summed E-state index contributed by atoms with van der Waals surface area (Å²) in [5.41, 5.74) is 0.0575. The van der Waals surface area contributed by atoms with Gasteiger partial charge in [-0.2, -0.15) is 13.2 Å². The van der Waals surface area contributed by atoms with Crippen LogP contribution in [0.1, 0.15) is 5.56 Å². The first-order valence-corrected chi connectivity index (χ1v) is 6.98. The van der Waals surface area contributed by atoms with Crippen LogP contribution in [0, 0.1) is 0 Å². The molecule has 25 heavy (non-hydrogen) atoms. The Morgan fingerprint density at radius 2 is 1.64 bits per heavy atom. The molecule has 0 bridgehead atoms. The molecule has 0 aliphatic carbocycles. The van der Waals surface area contributed by atoms with Gasteiger partial charge in [0, 0.05) is 18.0 Å². The molecule has 0 saturated heterocycles. The number of aromatic nitrogens is 3. The average molecular weight is 348 g/mol. The highest BCUT2D eigenvalue weighted by atomic mass is 19.4. The number of anilines is 2. The molecule has 2 aromatic heterocycles. The number of hydrogen-bond acceptors (Lipinski definition) is 6. The van der Waals surface area contributed by atoms with Crippen molar-refractivity contribution in [2.75, 3.05) is 5.32 Å². The molecule has 3 aromatic rings. The molecule has 3 N–H and O–H groups in total. The molecule has 0 atom stereocenters. The highest BCUT2D eigenvalue weighted by Gasteiger charge is 2.30. The third-order valence-electron chi connectivity index (χ3n) is 3.25. The van der Waals surface area contributed by atoms with Gasteiger partial charge in [0.1, 0.15) is 5.82 Å². The second-order valence-corrected chi connectivity index (χ2v) is 5.02. The van der Waals surface area contributed by atoms with Gasteiger partial charge < -0.3 is 15.5 Å². The summed E-state index contributed by atoms with van der Waals surface area (Å²) >= 11 is 0. The number of hydrogen-bond donors (Lipinski definition) is 3. The van der Waals surface area contributed by atoms with Gasteiger partial charge in [-0.3, -0.25) is 0 Å². The van der Waals surface area contributed by atoms with E-state index in [1.165, 1.54) is 24.4 Å². The number of rotatable bonds is 3. The van der Waals surface area contributed by atoms with E-state index in [4.69, 9.17) is 0 Å². The minimum atomic E-state index is -4.48. The zero-order valence-electron chi connectivity index (χ0n) is 12.5. The first kappa shape index (κ1) is 16.5. The van der Waals surface area contributed by atoms with Crippen LogP contribution in [0.5, 0.6) is 11.5 Å². The fourth-order valence-corrected chi connectivity index (χ4v) is 2.05. The minimum Gasteiger partial charge on any atom is -0.504 e. The molecule has 0 radical (unpaired) electrons. The maximum Gasteiger partial charge on any atom is 0.416 e. The summed E-state index contributed by atoms with van der Waals surface area (Å²) in [4.78, 5) is 11.9. The molecule has 9 heteroatoms. The van der Waals surface area contributed by atoms with Crippen LogP contribution in [-0.2, 0) is 6.18 Å². The van der Waals surface area contributed by atoms with Crippen LogP contribution in [0.2, 0.25) is 0 Å². The van der Waals surface area contributed by atoms with Crippen LogP contribution in [-0.4, -0.2) is 25.2 Å². The summed E-state index contributed by atoms with van der Waals surface area (Å²) in [7, 11) is 0. The van der Waals surface area contributed by atoms with Crippen molar-refractivity contribution in [3.63, 3.8) is 0 Å². The van der Waals surface area contributed by atoms with Gasteiger partial charge in [-0.15, -0.1) is 0 Å². The molecular formula is C16H11F3N4O2. The molecule has 3 rings (SSSR count). The maximum absolute atomic E-state index is 12.7. The molecule has 0 amide bonds. The van der Waals surface area contributed by atoms with E-state index in [1.807, 2.05) is 0 Å². The zero-order valence-corrected chi connectivity index (χ0v) is 12.5. The summed E-state index contributed by atoms with van der Waals surface area (Å²) < 4.78 is 38.2. The number of pyridine rings is 1. The molecule has 1 aromatic carbocycles. The summed E-state index contributed by atoms with van der Waals surface area (Å²) in [6, 6.07) is 7.41. The monoisotopic (exact) mass is 348 g/mol. The molecule has 0 saturated carbocycles. The highest BCUT2D eigenvalue weighted by Crippen LogP contribution is 2.31. The molecule has 0 fully saturated rings. The largest absolute Gasteiger partial charge is 0.504 e. The highest BCUT2D eigenvalue weighted by molar-refractivity contribution is 5.64. The quantitative estimate of drug-likeness (QED) is 0.625. The lowest BCUT2D eigenvalue weighted by molar-refractivity contribution is -0.137. The van der Waals surface area contributed by atoms with Gasteiger partial charge in [0.2, 0.25) is 5.95 Å². The minimum absolute atomic E-state index is 0.0388. The van der Waals surface area contributed by atoms with Crippen molar-refractivity contribution in [3.05, 3.63) is 54.4 Å². The predicted molar refractivity (Wildman–Crippen MR) is 83.3 cm³/mol. The number of halogens is 3. The number of nitrogens with zero attached hydrogens (tertiary/aromatic N) is 3. The SMILES string of the molecule is Oc1ccc(-c2ccnc(Nc3cc(C(F)(F)F)ccn3)n2)cc1O. The van der Waals surface area contributed by atoms with Gasteiger partial charge in [0.15, 0.2) is 11.5 Å². The Kier molecular flexibility index (Phi) is 4.14. The van der Waals surface area contributed by atoms with Crippen molar-refractivity contribution in [1.82, 2.24) is 15.0 Å². The summed E-state index contributed by atoms with van der Waals surface area (Å²) in [6.45, 7) is 0. The van der Waals surface area contributed by atoms with E-state index in [2.05, 4.69) is 20.3 Å². The Labute approximate surface area is 139 Å². The van der Waals surface area contributed by atoms with E-state index in [9.17, 15) is 23.4 Å². The Balaban J connectivity index is 1.88. The molecule has 0 aliphatic heterocycles. The van der Waals surface area contributed by atoms with Crippen LogP contribution >= 0.6 is 0 Å². The summed E-state index contributed by atoms with van der Waals surface area (Å²) in [5, 5.41) is 21.5. The topological polar surface area (TPSA) is 91.2 Å². The van der Waals surface area contributed by atoms with E-state index < -0.39 is 11.7 Å². The molecule has 2 heterocycles. The Morgan fingerprint density at radius 3 is 2.36 bits per heavy atom. The van der Waals surface area contributed by atoms with Crippen molar-refractivity contribution in [1.29, 1.82) is 0 Å². The van der Waals surface area contributed by atoms with Crippen LogP contribution < -0.4 is 5.32 Å². The van der Waals surface area contributed by atoms with E-state index in [1.54, 1.807) is 6.07 Å². The van der Waals surface area contributed by atoms with Gasteiger partial charge in [0.25, 0.3) is 0 Å². The number of phenolic OH excluding ortho intramolecular Hbond substituents is 2. The van der Waals surface area contributed by atoms with Crippen molar-refractivity contribution >= 4 is 11.8 Å². The number of benzene rings is 1. The second kappa shape index (κ2) is 6.27. The van der Waals surface area contributed by atoms with Crippen molar-refractivity contribution in [3.8, 4) is 22.8 Å². The van der Waals surface area contributed by atoms with Crippen LogP contribution in [0.3, 0.4) is 0 Å².